The fourth-order valence-corrected chi connectivity index (χ4v) is 3.91. The maximum absolute atomic E-state index is 12.9. The van der Waals surface area contributed by atoms with Crippen LogP contribution in [0.5, 0.6) is 0 Å². The van der Waals surface area contributed by atoms with Crippen molar-refractivity contribution >= 4 is 11.8 Å². The molecule has 26 heavy (non-hydrogen) atoms. The number of rotatable bonds is 5. The van der Waals surface area contributed by atoms with E-state index >= 15 is 0 Å². The Hall–Kier alpha value is -1.88. The molecule has 0 aliphatic carbocycles. The first-order chi connectivity index (χ1) is 12.5. The number of amides is 2. The maximum atomic E-state index is 12.9. The fourth-order valence-electron chi connectivity index (χ4n) is 3.91. The van der Waals surface area contributed by atoms with Gasteiger partial charge in [0.2, 0.25) is 11.8 Å². The molecule has 0 radical (unpaired) electrons. The van der Waals surface area contributed by atoms with Crippen molar-refractivity contribution in [1.82, 2.24) is 9.80 Å². The number of nitrogens with zero attached hydrogens (tertiary/aromatic N) is 2. The lowest BCUT2D eigenvalue weighted by Gasteiger charge is -2.33. The summed E-state index contributed by atoms with van der Waals surface area (Å²) in [5.41, 5.74) is 1.19. The molecule has 2 amide bonds. The molecule has 0 aromatic heterocycles. The Morgan fingerprint density at radius 2 is 1.81 bits per heavy atom. The lowest BCUT2D eigenvalue weighted by molar-refractivity contribution is -0.146. The quantitative estimate of drug-likeness (QED) is 0.813. The molecule has 0 spiro atoms. The van der Waals surface area contributed by atoms with Crippen LogP contribution < -0.4 is 0 Å². The van der Waals surface area contributed by atoms with E-state index in [0.717, 1.165) is 19.3 Å². The minimum Gasteiger partial charge on any atom is -0.378 e. The number of likely N-dealkylation sites (tertiary alicyclic amines) is 1. The second-order valence-corrected chi connectivity index (χ2v) is 7.93. The van der Waals surface area contributed by atoms with E-state index in [2.05, 4.69) is 26.0 Å². The van der Waals surface area contributed by atoms with Crippen LogP contribution in [-0.2, 0) is 19.7 Å². The fraction of sp³-hybridized carbons (Fsp3) is 0.619. The summed E-state index contributed by atoms with van der Waals surface area (Å²) in [5, 5.41) is 0. The van der Waals surface area contributed by atoms with Gasteiger partial charge in [-0.2, -0.15) is 0 Å². The molecule has 0 unspecified atom stereocenters. The number of hydrogen-bond acceptors (Lipinski definition) is 3. The SMILES string of the molecule is CC(C)(CCC(=O)N1CCC[C@H]1C(=O)N1CCOCC1)c1ccccc1. The Morgan fingerprint density at radius 1 is 1.12 bits per heavy atom. The van der Waals surface area contributed by atoms with Gasteiger partial charge >= 0.3 is 0 Å². The second kappa shape index (κ2) is 8.21. The molecule has 0 N–H and O–H groups in total. The molecule has 3 rings (SSSR count). The standard InChI is InChI=1S/C21H30N2O3/c1-21(2,17-7-4-3-5-8-17)11-10-19(24)23-12-6-9-18(23)20(25)22-13-15-26-16-14-22/h3-5,7-8,18H,6,9-16H2,1-2H3/t18-/m0/s1. The van der Waals surface area contributed by atoms with Gasteiger partial charge in [-0.15, -0.1) is 0 Å². The Bertz CT molecular complexity index is 623. The summed E-state index contributed by atoms with van der Waals surface area (Å²) in [6, 6.07) is 10.0. The predicted molar refractivity (Wildman–Crippen MR) is 101 cm³/mol. The van der Waals surface area contributed by atoms with Crippen LogP contribution in [0.25, 0.3) is 0 Å². The van der Waals surface area contributed by atoms with Gasteiger partial charge in [0.05, 0.1) is 13.2 Å². The molecule has 2 saturated heterocycles. The topological polar surface area (TPSA) is 49.9 Å². The minimum atomic E-state index is -0.277. The lowest BCUT2D eigenvalue weighted by atomic mass is 9.80. The molecular weight excluding hydrogens is 328 g/mol. The Kier molecular flexibility index (Phi) is 5.97. The zero-order valence-corrected chi connectivity index (χ0v) is 15.9. The molecule has 2 heterocycles. The number of hydrogen-bond donors (Lipinski definition) is 0. The summed E-state index contributed by atoms with van der Waals surface area (Å²) in [6.45, 7) is 7.52. The van der Waals surface area contributed by atoms with Gasteiger partial charge in [-0.05, 0) is 30.2 Å². The molecule has 1 aromatic rings. The van der Waals surface area contributed by atoms with E-state index in [-0.39, 0.29) is 23.3 Å². The van der Waals surface area contributed by atoms with Gasteiger partial charge in [-0.3, -0.25) is 9.59 Å². The van der Waals surface area contributed by atoms with Crippen molar-refractivity contribution in [2.45, 2.75) is 51.0 Å². The molecule has 2 aliphatic heterocycles. The van der Waals surface area contributed by atoms with Crippen LogP contribution >= 0.6 is 0 Å². The molecule has 142 valence electrons. The molecule has 0 saturated carbocycles. The number of benzene rings is 1. The summed E-state index contributed by atoms with van der Waals surface area (Å²) in [5.74, 6) is 0.208. The van der Waals surface area contributed by atoms with Gasteiger partial charge < -0.3 is 14.5 Å². The van der Waals surface area contributed by atoms with Crippen molar-refractivity contribution in [2.24, 2.45) is 0 Å². The highest BCUT2D eigenvalue weighted by Gasteiger charge is 2.37. The molecule has 0 bridgehead atoms. The number of carbonyl (C=O) groups excluding carboxylic acids is 2. The number of carbonyl (C=O) groups is 2. The monoisotopic (exact) mass is 358 g/mol. The Balaban J connectivity index is 1.59. The summed E-state index contributed by atoms with van der Waals surface area (Å²) in [7, 11) is 0. The average Bonchev–Trinajstić information content (AvgIpc) is 3.17. The average molecular weight is 358 g/mol. The van der Waals surface area contributed by atoms with E-state index < -0.39 is 0 Å². The van der Waals surface area contributed by atoms with Crippen LogP contribution in [-0.4, -0.2) is 60.5 Å². The van der Waals surface area contributed by atoms with E-state index in [4.69, 9.17) is 4.74 Å². The van der Waals surface area contributed by atoms with Gasteiger partial charge in [0.25, 0.3) is 0 Å². The highest BCUT2D eigenvalue weighted by molar-refractivity contribution is 5.88. The van der Waals surface area contributed by atoms with Crippen molar-refractivity contribution < 1.29 is 14.3 Å². The third-order valence-electron chi connectivity index (χ3n) is 5.70. The first kappa shape index (κ1) is 18.9. The van der Waals surface area contributed by atoms with E-state index in [1.165, 1.54) is 5.56 Å². The van der Waals surface area contributed by atoms with E-state index in [1.54, 1.807) is 0 Å². The van der Waals surface area contributed by atoms with Gasteiger partial charge in [-0.25, -0.2) is 0 Å². The maximum Gasteiger partial charge on any atom is 0.245 e. The predicted octanol–water partition coefficient (Wildman–Crippen LogP) is 2.59. The number of ether oxygens (including phenoxy) is 1. The van der Waals surface area contributed by atoms with Gasteiger partial charge in [0.1, 0.15) is 6.04 Å². The molecule has 2 aliphatic rings. The van der Waals surface area contributed by atoms with Crippen molar-refractivity contribution in [3.63, 3.8) is 0 Å². The minimum absolute atomic E-state index is 0.0552. The molecule has 2 fully saturated rings. The molecule has 5 heteroatoms. The zero-order chi connectivity index (χ0) is 18.6. The van der Waals surface area contributed by atoms with Crippen molar-refractivity contribution in [2.75, 3.05) is 32.8 Å². The van der Waals surface area contributed by atoms with Gasteiger partial charge in [0, 0.05) is 26.1 Å². The number of morpholine rings is 1. The molecule has 1 aromatic carbocycles. The van der Waals surface area contributed by atoms with Crippen LogP contribution in [0.3, 0.4) is 0 Å². The first-order valence-electron chi connectivity index (χ1n) is 9.70. The normalized spacial score (nSPS) is 21.1. The second-order valence-electron chi connectivity index (χ2n) is 7.93. The van der Waals surface area contributed by atoms with E-state index in [1.807, 2.05) is 28.0 Å². The van der Waals surface area contributed by atoms with Crippen molar-refractivity contribution in [3.8, 4) is 0 Å². The van der Waals surface area contributed by atoms with Crippen molar-refractivity contribution in [3.05, 3.63) is 35.9 Å². The molecular formula is C21H30N2O3. The molecule has 5 nitrogen and oxygen atoms in total. The Morgan fingerprint density at radius 3 is 2.50 bits per heavy atom. The summed E-state index contributed by atoms with van der Waals surface area (Å²) in [4.78, 5) is 29.3. The van der Waals surface area contributed by atoms with Gasteiger partial charge in [-0.1, -0.05) is 44.2 Å². The van der Waals surface area contributed by atoms with E-state index in [9.17, 15) is 9.59 Å². The Labute approximate surface area is 156 Å². The van der Waals surface area contributed by atoms with Crippen LogP contribution in [0.2, 0.25) is 0 Å². The highest BCUT2D eigenvalue weighted by atomic mass is 16.5. The lowest BCUT2D eigenvalue weighted by Crippen LogP contribution is -2.51. The summed E-state index contributed by atoms with van der Waals surface area (Å²) >= 11 is 0. The first-order valence-corrected chi connectivity index (χ1v) is 9.70. The van der Waals surface area contributed by atoms with E-state index in [0.29, 0.717) is 39.3 Å². The van der Waals surface area contributed by atoms with Crippen LogP contribution in [0.4, 0.5) is 0 Å². The van der Waals surface area contributed by atoms with Gasteiger partial charge in [0.15, 0.2) is 0 Å². The summed E-state index contributed by atoms with van der Waals surface area (Å²) in [6.07, 6.45) is 2.96. The van der Waals surface area contributed by atoms with Crippen LogP contribution in [0.1, 0.15) is 45.1 Å². The third kappa shape index (κ3) is 4.26. The smallest absolute Gasteiger partial charge is 0.245 e. The van der Waals surface area contributed by atoms with Crippen LogP contribution in [0.15, 0.2) is 30.3 Å². The zero-order valence-electron chi connectivity index (χ0n) is 15.9. The molecule has 1 atom stereocenters. The summed E-state index contributed by atoms with van der Waals surface area (Å²) < 4.78 is 5.33. The third-order valence-corrected chi connectivity index (χ3v) is 5.70. The van der Waals surface area contributed by atoms with Crippen LogP contribution in [0, 0.1) is 0 Å². The van der Waals surface area contributed by atoms with Crippen molar-refractivity contribution in [1.29, 1.82) is 0 Å². The highest BCUT2D eigenvalue weighted by Crippen LogP contribution is 2.29. The largest absolute Gasteiger partial charge is 0.378 e.